The summed E-state index contributed by atoms with van der Waals surface area (Å²) in [7, 11) is 0. The molecular weight excluding hydrogens is 284 g/mol. The summed E-state index contributed by atoms with van der Waals surface area (Å²) in [5, 5.41) is 10.9. The van der Waals surface area contributed by atoms with E-state index in [0.29, 0.717) is 5.69 Å². The van der Waals surface area contributed by atoms with E-state index in [1.165, 1.54) is 18.3 Å². The summed E-state index contributed by atoms with van der Waals surface area (Å²) in [5.41, 5.74) is 0.0458. The molecule has 2 aromatic heterocycles. The third kappa shape index (κ3) is 3.56. The third-order valence-electron chi connectivity index (χ3n) is 2.51. The number of nitrogens with one attached hydrogen (secondary N) is 1. The van der Waals surface area contributed by atoms with Crippen molar-refractivity contribution in [3.63, 3.8) is 0 Å². The van der Waals surface area contributed by atoms with Crippen molar-refractivity contribution in [2.75, 3.05) is 5.32 Å². The first-order valence-electron chi connectivity index (χ1n) is 5.75. The van der Waals surface area contributed by atoms with Crippen LogP contribution in [0, 0.1) is 11.8 Å². The normalized spacial score (nSPS) is 10.2. The number of hydrogen-bond acceptors (Lipinski definition) is 4. The number of aromatic nitrogens is 2. The van der Waals surface area contributed by atoms with Crippen molar-refractivity contribution in [2.24, 2.45) is 0 Å². The predicted octanol–water partition coefficient (Wildman–Crippen LogP) is 1.63. The maximum Gasteiger partial charge on any atom is 0.309 e. The monoisotopic (exact) mass is 293 g/mol. The number of rotatable bonds is 4. The quantitative estimate of drug-likeness (QED) is 0.836. The molecule has 0 aromatic carbocycles. The van der Waals surface area contributed by atoms with Crippen LogP contribution in [0.1, 0.15) is 16.1 Å². The third-order valence-corrected chi connectivity index (χ3v) is 2.51. The van der Waals surface area contributed by atoms with Crippen LogP contribution < -0.4 is 5.32 Å². The molecule has 0 fully saturated rings. The number of nitrogens with zero attached hydrogens (tertiary/aromatic N) is 2. The van der Waals surface area contributed by atoms with Crippen molar-refractivity contribution >= 4 is 17.6 Å². The number of carbonyl (C=O) groups excluding carboxylic acids is 1. The fourth-order valence-corrected chi connectivity index (χ4v) is 1.55. The van der Waals surface area contributed by atoms with Crippen molar-refractivity contribution in [3.05, 3.63) is 53.6 Å². The Kier molecular flexibility index (Phi) is 4.17. The lowest BCUT2D eigenvalue weighted by Gasteiger charge is -2.06. The van der Waals surface area contributed by atoms with E-state index in [0.717, 1.165) is 12.3 Å². The summed E-state index contributed by atoms with van der Waals surface area (Å²) in [6.07, 6.45) is 1.95. The van der Waals surface area contributed by atoms with Gasteiger partial charge in [-0.05, 0) is 18.2 Å². The molecule has 2 rings (SSSR count). The molecule has 21 heavy (non-hydrogen) atoms. The standard InChI is InChI=1S/C13H9F2N3O3/c14-11-9(3-4-16-12(11)15)13(21)18-8-2-1-7(17-6-8)5-10(19)20/h1-4,6H,5H2,(H,18,21)(H,19,20). The summed E-state index contributed by atoms with van der Waals surface area (Å²) in [5.74, 6) is -4.60. The van der Waals surface area contributed by atoms with Crippen LogP contribution in [0.4, 0.5) is 14.5 Å². The molecule has 0 bridgehead atoms. The van der Waals surface area contributed by atoms with E-state index < -0.39 is 29.2 Å². The molecular formula is C13H9F2N3O3. The van der Waals surface area contributed by atoms with Gasteiger partial charge in [0.1, 0.15) is 0 Å². The minimum absolute atomic E-state index is 0.228. The van der Waals surface area contributed by atoms with Gasteiger partial charge in [0, 0.05) is 6.20 Å². The van der Waals surface area contributed by atoms with E-state index in [9.17, 15) is 18.4 Å². The fraction of sp³-hybridized carbons (Fsp3) is 0.0769. The highest BCUT2D eigenvalue weighted by Crippen LogP contribution is 2.13. The number of carboxylic acids is 1. The van der Waals surface area contributed by atoms with Gasteiger partial charge >= 0.3 is 5.97 Å². The summed E-state index contributed by atoms with van der Waals surface area (Å²) in [6.45, 7) is 0. The summed E-state index contributed by atoms with van der Waals surface area (Å²) in [6, 6.07) is 3.87. The van der Waals surface area contributed by atoms with Crippen molar-refractivity contribution in [2.45, 2.75) is 6.42 Å². The Balaban J connectivity index is 2.12. The van der Waals surface area contributed by atoms with Gasteiger partial charge < -0.3 is 10.4 Å². The molecule has 8 heteroatoms. The van der Waals surface area contributed by atoms with Crippen LogP contribution in [0.25, 0.3) is 0 Å². The van der Waals surface area contributed by atoms with E-state index >= 15 is 0 Å². The average Bonchev–Trinajstić information content (AvgIpc) is 2.43. The van der Waals surface area contributed by atoms with Gasteiger partial charge in [-0.3, -0.25) is 14.6 Å². The van der Waals surface area contributed by atoms with Gasteiger partial charge in [0.05, 0.1) is 29.6 Å². The van der Waals surface area contributed by atoms with Crippen LogP contribution >= 0.6 is 0 Å². The Morgan fingerprint density at radius 3 is 2.57 bits per heavy atom. The molecule has 6 nitrogen and oxygen atoms in total. The van der Waals surface area contributed by atoms with E-state index in [1.807, 2.05) is 0 Å². The number of aliphatic carboxylic acids is 1. The van der Waals surface area contributed by atoms with Crippen LogP contribution in [0.2, 0.25) is 0 Å². The smallest absolute Gasteiger partial charge is 0.309 e. The Morgan fingerprint density at radius 2 is 1.95 bits per heavy atom. The van der Waals surface area contributed by atoms with Crippen LogP contribution in [0.5, 0.6) is 0 Å². The van der Waals surface area contributed by atoms with Crippen LogP contribution in [-0.4, -0.2) is 27.0 Å². The molecule has 0 saturated carbocycles. The van der Waals surface area contributed by atoms with Gasteiger partial charge in [-0.1, -0.05) is 0 Å². The molecule has 0 spiro atoms. The Labute approximate surface area is 117 Å². The molecule has 2 aromatic rings. The van der Waals surface area contributed by atoms with Gasteiger partial charge in [0.2, 0.25) is 5.95 Å². The van der Waals surface area contributed by atoms with Crippen molar-refractivity contribution < 1.29 is 23.5 Å². The highest BCUT2D eigenvalue weighted by Gasteiger charge is 2.16. The number of amides is 1. The minimum atomic E-state index is -1.36. The maximum atomic E-state index is 13.4. The van der Waals surface area contributed by atoms with Gasteiger partial charge in [0.25, 0.3) is 5.91 Å². The predicted molar refractivity (Wildman–Crippen MR) is 67.7 cm³/mol. The molecule has 2 N–H and O–H groups in total. The van der Waals surface area contributed by atoms with Crippen LogP contribution in [0.15, 0.2) is 30.6 Å². The molecule has 2 heterocycles. The molecule has 0 aliphatic rings. The van der Waals surface area contributed by atoms with Gasteiger partial charge in [0.15, 0.2) is 5.82 Å². The molecule has 0 saturated heterocycles. The number of carboxylic acid groups (broad SMARTS) is 1. The number of halogens is 2. The number of hydrogen-bond donors (Lipinski definition) is 2. The van der Waals surface area contributed by atoms with E-state index in [-0.39, 0.29) is 12.1 Å². The molecule has 0 unspecified atom stereocenters. The summed E-state index contributed by atoms with van der Waals surface area (Å²) >= 11 is 0. The maximum absolute atomic E-state index is 13.4. The first-order valence-corrected chi connectivity index (χ1v) is 5.75. The topological polar surface area (TPSA) is 92.2 Å². The molecule has 0 aliphatic heterocycles. The fourth-order valence-electron chi connectivity index (χ4n) is 1.55. The molecule has 1 amide bonds. The highest BCUT2D eigenvalue weighted by atomic mass is 19.2. The van der Waals surface area contributed by atoms with Crippen LogP contribution in [0.3, 0.4) is 0 Å². The Hall–Kier alpha value is -2.90. The average molecular weight is 293 g/mol. The second-order valence-electron chi connectivity index (χ2n) is 4.03. The Morgan fingerprint density at radius 1 is 1.19 bits per heavy atom. The van der Waals surface area contributed by atoms with Gasteiger partial charge in [-0.15, -0.1) is 0 Å². The number of pyridine rings is 2. The lowest BCUT2D eigenvalue weighted by Crippen LogP contribution is -2.15. The zero-order valence-electron chi connectivity index (χ0n) is 10.5. The van der Waals surface area contributed by atoms with Gasteiger partial charge in [-0.25, -0.2) is 9.37 Å². The van der Waals surface area contributed by atoms with Gasteiger partial charge in [-0.2, -0.15) is 4.39 Å². The first kappa shape index (κ1) is 14.5. The summed E-state index contributed by atoms with van der Waals surface area (Å²) in [4.78, 5) is 29.2. The van der Waals surface area contributed by atoms with Crippen molar-refractivity contribution in [1.82, 2.24) is 9.97 Å². The zero-order valence-corrected chi connectivity index (χ0v) is 10.5. The molecule has 0 aliphatic carbocycles. The lowest BCUT2D eigenvalue weighted by molar-refractivity contribution is -0.136. The Bertz CT molecular complexity index is 690. The van der Waals surface area contributed by atoms with E-state index in [4.69, 9.17) is 5.11 Å². The summed E-state index contributed by atoms with van der Waals surface area (Å²) < 4.78 is 26.3. The minimum Gasteiger partial charge on any atom is -0.481 e. The number of anilines is 1. The molecule has 0 atom stereocenters. The largest absolute Gasteiger partial charge is 0.481 e. The zero-order chi connectivity index (χ0) is 15.4. The SMILES string of the molecule is O=C(O)Cc1ccc(NC(=O)c2ccnc(F)c2F)cn1. The van der Waals surface area contributed by atoms with Crippen molar-refractivity contribution in [1.29, 1.82) is 0 Å². The first-order chi connectivity index (χ1) is 9.97. The van der Waals surface area contributed by atoms with E-state index in [2.05, 4.69) is 15.3 Å². The second-order valence-corrected chi connectivity index (χ2v) is 4.03. The molecule has 0 radical (unpaired) electrons. The lowest BCUT2D eigenvalue weighted by atomic mass is 10.2. The van der Waals surface area contributed by atoms with Crippen LogP contribution in [-0.2, 0) is 11.2 Å². The van der Waals surface area contributed by atoms with E-state index in [1.54, 1.807) is 0 Å². The highest BCUT2D eigenvalue weighted by molar-refractivity contribution is 6.04. The number of carbonyl (C=O) groups is 2. The second kappa shape index (κ2) is 6.04. The van der Waals surface area contributed by atoms with Crippen molar-refractivity contribution in [3.8, 4) is 0 Å². The molecule has 108 valence electrons.